The zero-order valence-corrected chi connectivity index (χ0v) is 15.8. The van der Waals surface area contributed by atoms with Crippen LogP contribution in [0.5, 0.6) is 11.6 Å². The fourth-order valence-corrected chi connectivity index (χ4v) is 4.18. The largest absolute Gasteiger partial charge is 0.507 e. The number of hydrogen-bond donors (Lipinski definition) is 2. The summed E-state index contributed by atoms with van der Waals surface area (Å²) in [7, 11) is 0. The number of nitrogens with zero attached hydrogens (tertiary/aromatic N) is 4. The van der Waals surface area contributed by atoms with Crippen LogP contribution in [0.1, 0.15) is 25.7 Å². The second-order valence-electron chi connectivity index (χ2n) is 7.59. The lowest BCUT2D eigenvalue weighted by Crippen LogP contribution is -2.59. The van der Waals surface area contributed by atoms with Gasteiger partial charge in [0.05, 0.1) is 11.3 Å². The van der Waals surface area contributed by atoms with E-state index >= 15 is 0 Å². The molecule has 4 heterocycles. The quantitative estimate of drug-likeness (QED) is 0.670. The van der Waals surface area contributed by atoms with Gasteiger partial charge in [0.2, 0.25) is 12.3 Å². The second kappa shape index (κ2) is 7.60. The molecule has 8 nitrogen and oxygen atoms in total. The van der Waals surface area contributed by atoms with Gasteiger partial charge in [0.25, 0.3) is 5.89 Å². The Bertz CT molecular complexity index is 1030. The molecule has 2 bridgehead atoms. The predicted octanol–water partition coefficient (Wildman–Crippen LogP) is 3.04. The molecule has 2 saturated heterocycles. The maximum atomic E-state index is 14.7. The number of phenols is 1. The van der Waals surface area contributed by atoms with Crippen LogP contribution in [0, 0.1) is 5.82 Å². The minimum atomic E-state index is -1.11. The van der Waals surface area contributed by atoms with Gasteiger partial charge in [0.1, 0.15) is 17.7 Å². The number of benzene rings is 1. The standard InChI is InChI=1S/C20H19F2N5O3/c21-13-7-12(16(28)8-11(13)20-27-23-9-29-20)14-4-5-18(26-25-14)30-17-6-10-2-1-3-15(24-10)19(17)22/h4-5,7-10,15,17,19,24,28H,1-3,6H2/t10?,15?,17-,19+/m0/s1. The third-order valence-electron chi connectivity index (χ3n) is 5.64. The highest BCUT2D eigenvalue weighted by atomic mass is 19.1. The number of fused-ring (bicyclic) bond motifs is 2. The van der Waals surface area contributed by atoms with Crippen molar-refractivity contribution >= 4 is 0 Å². The van der Waals surface area contributed by atoms with Gasteiger partial charge in [-0.3, -0.25) is 0 Å². The maximum absolute atomic E-state index is 14.7. The average Bonchev–Trinajstić information content (AvgIpc) is 3.29. The van der Waals surface area contributed by atoms with E-state index in [0.29, 0.717) is 6.42 Å². The highest BCUT2D eigenvalue weighted by Gasteiger charge is 2.41. The Balaban J connectivity index is 1.35. The molecule has 0 aliphatic carbocycles. The smallest absolute Gasteiger partial charge is 0.250 e. The van der Waals surface area contributed by atoms with Gasteiger partial charge in [0.15, 0.2) is 6.17 Å². The minimum absolute atomic E-state index is 0.0212. The van der Waals surface area contributed by atoms with Crippen molar-refractivity contribution in [2.75, 3.05) is 0 Å². The first-order valence-corrected chi connectivity index (χ1v) is 9.78. The molecular formula is C20H19F2N5O3. The number of piperidine rings is 2. The van der Waals surface area contributed by atoms with E-state index in [-0.39, 0.29) is 46.4 Å². The molecule has 2 fully saturated rings. The van der Waals surface area contributed by atoms with Gasteiger partial charge in [-0.15, -0.1) is 20.4 Å². The lowest BCUT2D eigenvalue weighted by atomic mass is 9.84. The van der Waals surface area contributed by atoms with Gasteiger partial charge < -0.3 is 19.6 Å². The monoisotopic (exact) mass is 415 g/mol. The molecule has 2 aromatic heterocycles. The topological polar surface area (TPSA) is 106 Å². The summed E-state index contributed by atoms with van der Waals surface area (Å²) in [5.41, 5.74) is 0.372. The van der Waals surface area contributed by atoms with E-state index in [2.05, 4.69) is 25.7 Å². The molecule has 1 aromatic carbocycles. The van der Waals surface area contributed by atoms with Gasteiger partial charge in [-0.2, -0.15) is 0 Å². The highest BCUT2D eigenvalue weighted by Crippen LogP contribution is 2.35. The molecule has 156 valence electrons. The van der Waals surface area contributed by atoms with Crippen molar-refractivity contribution in [2.24, 2.45) is 0 Å². The first-order chi connectivity index (χ1) is 14.6. The number of hydrogen-bond acceptors (Lipinski definition) is 8. The number of halogens is 2. The Labute approximate surface area is 170 Å². The lowest BCUT2D eigenvalue weighted by Gasteiger charge is -2.42. The number of alkyl halides is 1. The number of nitrogens with one attached hydrogen (secondary N) is 1. The van der Waals surface area contributed by atoms with Crippen LogP contribution in [0.25, 0.3) is 22.7 Å². The molecule has 5 rings (SSSR count). The van der Waals surface area contributed by atoms with E-state index in [9.17, 15) is 13.9 Å². The van der Waals surface area contributed by atoms with E-state index in [1.807, 2.05) is 0 Å². The molecule has 2 N–H and O–H groups in total. The van der Waals surface area contributed by atoms with Crippen molar-refractivity contribution in [3.63, 3.8) is 0 Å². The van der Waals surface area contributed by atoms with Crippen molar-refractivity contribution in [2.45, 2.75) is 50.0 Å². The van der Waals surface area contributed by atoms with Crippen LogP contribution >= 0.6 is 0 Å². The molecule has 0 saturated carbocycles. The fraction of sp³-hybridized carbons (Fsp3) is 0.400. The molecule has 2 unspecified atom stereocenters. The molecular weight excluding hydrogens is 396 g/mol. The SMILES string of the molecule is Oc1cc(-c2nnco2)c(F)cc1-c1ccc(O[C@H]2CC3CCCC(N3)[C@H]2F)nn1. The Hall–Kier alpha value is -3.14. The number of aromatic nitrogens is 4. The Kier molecular flexibility index (Phi) is 4.78. The predicted molar refractivity (Wildman–Crippen MR) is 101 cm³/mol. The van der Waals surface area contributed by atoms with Crippen LogP contribution in [0.4, 0.5) is 8.78 Å². The van der Waals surface area contributed by atoms with Crippen molar-refractivity contribution in [1.29, 1.82) is 0 Å². The number of phenolic OH excluding ortho intramolecular Hbond substituents is 1. The van der Waals surface area contributed by atoms with Crippen LogP contribution in [-0.4, -0.2) is 49.9 Å². The first-order valence-electron chi connectivity index (χ1n) is 9.78. The van der Waals surface area contributed by atoms with Crippen molar-refractivity contribution < 1.29 is 23.0 Å². The van der Waals surface area contributed by atoms with E-state index < -0.39 is 18.1 Å². The molecule has 2 aliphatic heterocycles. The zero-order valence-electron chi connectivity index (χ0n) is 15.8. The molecule has 4 atom stereocenters. The lowest BCUT2D eigenvalue weighted by molar-refractivity contribution is 0.00652. The van der Waals surface area contributed by atoms with Crippen molar-refractivity contribution in [3.05, 3.63) is 36.5 Å². The summed E-state index contributed by atoms with van der Waals surface area (Å²) in [4.78, 5) is 0. The molecule has 3 aromatic rings. The minimum Gasteiger partial charge on any atom is -0.507 e. The van der Waals surface area contributed by atoms with E-state index in [1.54, 1.807) is 6.07 Å². The fourth-order valence-electron chi connectivity index (χ4n) is 4.18. The van der Waals surface area contributed by atoms with E-state index in [0.717, 1.165) is 31.7 Å². The molecule has 2 aliphatic rings. The maximum Gasteiger partial charge on any atom is 0.250 e. The Morgan fingerprint density at radius 1 is 1.13 bits per heavy atom. The van der Waals surface area contributed by atoms with E-state index in [1.165, 1.54) is 12.1 Å². The summed E-state index contributed by atoms with van der Waals surface area (Å²) in [5, 5.41) is 28.8. The zero-order chi connectivity index (χ0) is 20.7. The summed E-state index contributed by atoms with van der Waals surface area (Å²) in [6.07, 6.45) is 2.78. The number of rotatable bonds is 4. The van der Waals surface area contributed by atoms with Gasteiger partial charge in [-0.25, -0.2) is 8.78 Å². The van der Waals surface area contributed by atoms with Gasteiger partial charge >= 0.3 is 0 Å². The van der Waals surface area contributed by atoms with Gasteiger partial charge in [-0.05, 0) is 31.0 Å². The summed E-state index contributed by atoms with van der Waals surface area (Å²) in [6.45, 7) is 0. The summed E-state index contributed by atoms with van der Waals surface area (Å²) < 4.78 is 39.9. The van der Waals surface area contributed by atoms with Crippen LogP contribution < -0.4 is 10.1 Å². The summed E-state index contributed by atoms with van der Waals surface area (Å²) in [5.74, 6) is -0.733. The normalized spacial score (nSPS) is 25.8. The molecule has 0 amide bonds. The van der Waals surface area contributed by atoms with Gasteiger partial charge in [-0.1, -0.05) is 6.42 Å². The third kappa shape index (κ3) is 3.47. The molecule has 0 spiro atoms. The highest BCUT2D eigenvalue weighted by molar-refractivity contribution is 5.71. The van der Waals surface area contributed by atoms with Crippen LogP contribution in [0.2, 0.25) is 0 Å². The van der Waals surface area contributed by atoms with Crippen LogP contribution in [0.3, 0.4) is 0 Å². The second-order valence-corrected chi connectivity index (χ2v) is 7.59. The Morgan fingerprint density at radius 3 is 2.80 bits per heavy atom. The van der Waals surface area contributed by atoms with E-state index in [4.69, 9.17) is 9.15 Å². The number of aromatic hydroxyl groups is 1. The molecule has 30 heavy (non-hydrogen) atoms. The summed E-state index contributed by atoms with van der Waals surface area (Å²) >= 11 is 0. The third-order valence-corrected chi connectivity index (χ3v) is 5.64. The van der Waals surface area contributed by atoms with Crippen LogP contribution in [0.15, 0.2) is 35.1 Å². The van der Waals surface area contributed by atoms with Gasteiger partial charge in [0, 0.05) is 30.1 Å². The average molecular weight is 415 g/mol. The molecule has 10 heteroatoms. The summed E-state index contributed by atoms with van der Waals surface area (Å²) in [6, 6.07) is 5.45. The van der Waals surface area contributed by atoms with Crippen molar-refractivity contribution in [3.8, 4) is 34.3 Å². The Morgan fingerprint density at radius 2 is 2.03 bits per heavy atom. The molecule has 0 radical (unpaired) electrons. The first kappa shape index (κ1) is 18.9. The number of ether oxygens (including phenoxy) is 1. The van der Waals surface area contributed by atoms with Crippen molar-refractivity contribution in [1.82, 2.24) is 25.7 Å². The van der Waals surface area contributed by atoms with Crippen LogP contribution in [-0.2, 0) is 0 Å².